The minimum absolute atomic E-state index is 0.947. The van der Waals surface area contributed by atoms with Gasteiger partial charge in [0, 0.05) is 0 Å². The lowest BCUT2D eigenvalue weighted by atomic mass is 9.81. The molecule has 0 aliphatic heterocycles. The Morgan fingerprint density at radius 2 is 1.86 bits per heavy atom. The second-order valence-corrected chi connectivity index (χ2v) is 4.91. The van der Waals surface area contributed by atoms with Crippen molar-refractivity contribution in [3.8, 4) is 0 Å². The first-order valence-electron chi connectivity index (χ1n) is 6.47. The molecule has 0 aromatic carbocycles. The van der Waals surface area contributed by atoms with Gasteiger partial charge in [0.1, 0.15) is 0 Å². The van der Waals surface area contributed by atoms with E-state index in [1.165, 1.54) is 51.4 Å². The summed E-state index contributed by atoms with van der Waals surface area (Å²) in [5.74, 6) is 0.947. The monoisotopic (exact) mass is 194 g/mol. The fourth-order valence-corrected chi connectivity index (χ4v) is 2.54. The van der Waals surface area contributed by atoms with Crippen molar-refractivity contribution in [1.82, 2.24) is 0 Å². The van der Waals surface area contributed by atoms with Crippen molar-refractivity contribution in [2.45, 2.75) is 72.1 Å². The van der Waals surface area contributed by atoms with Gasteiger partial charge >= 0.3 is 0 Å². The summed E-state index contributed by atoms with van der Waals surface area (Å²) in [6.07, 6.45) is 11.1. The highest BCUT2D eigenvalue weighted by Gasteiger charge is 2.16. The summed E-state index contributed by atoms with van der Waals surface area (Å²) in [7, 11) is 0. The van der Waals surface area contributed by atoms with Gasteiger partial charge in [-0.15, -0.1) is 0 Å². The summed E-state index contributed by atoms with van der Waals surface area (Å²) in [4.78, 5) is 0. The van der Waals surface area contributed by atoms with Gasteiger partial charge in [-0.05, 0) is 44.4 Å². The van der Waals surface area contributed by atoms with E-state index in [0.717, 1.165) is 5.92 Å². The number of hydrogen-bond acceptors (Lipinski definition) is 0. The van der Waals surface area contributed by atoms with Crippen LogP contribution in [0.2, 0.25) is 0 Å². The lowest BCUT2D eigenvalue weighted by Gasteiger charge is -2.25. The first-order chi connectivity index (χ1) is 6.77. The average molecular weight is 194 g/mol. The topological polar surface area (TPSA) is 0 Å². The second kappa shape index (κ2) is 6.27. The normalized spacial score (nSPS) is 22.9. The highest BCUT2D eigenvalue weighted by Crippen LogP contribution is 2.34. The van der Waals surface area contributed by atoms with Gasteiger partial charge < -0.3 is 0 Å². The predicted molar refractivity (Wildman–Crippen MR) is 64.5 cm³/mol. The lowest BCUT2D eigenvalue weighted by Crippen LogP contribution is -2.08. The number of allylic oxidation sites excluding steroid dienone is 2. The average Bonchev–Trinajstić information content (AvgIpc) is 2.18. The van der Waals surface area contributed by atoms with Crippen LogP contribution in [-0.2, 0) is 0 Å². The van der Waals surface area contributed by atoms with Crippen LogP contribution in [0.5, 0.6) is 0 Å². The number of unbranched alkanes of at least 4 members (excludes halogenated alkanes) is 1. The van der Waals surface area contributed by atoms with Gasteiger partial charge in [0.15, 0.2) is 0 Å². The predicted octanol–water partition coefficient (Wildman–Crippen LogP) is 5.09. The Morgan fingerprint density at radius 1 is 1.07 bits per heavy atom. The molecule has 0 spiro atoms. The maximum Gasteiger partial charge on any atom is -0.0292 e. The molecule has 0 fully saturated rings. The molecule has 1 aliphatic rings. The van der Waals surface area contributed by atoms with Gasteiger partial charge in [0.25, 0.3) is 0 Å². The lowest BCUT2D eigenvalue weighted by molar-refractivity contribution is 0.473. The standard InChI is InChI=1S/C14H26/c1-4-6-8-14-11-12(3)9-10-13(14)7-5-2/h12H,4-11H2,1-3H3/t12-/m1/s1. The van der Waals surface area contributed by atoms with E-state index in [-0.39, 0.29) is 0 Å². The first kappa shape index (κ1) is 11.8. The Balaban J connectivity index is 2.57. The summed E-state index contributed by atoms with van der Waals surface area (Å²) in [5.41, 5.74) is 3.64. The van der Waals surface area contributed by atoms with Crippen LogP contribution < -0.4 is 0 Å². The van der Waals surface area contributed by atoms with E-state index in [1.807, 2.05) is 11.1 Å². The highest BCUT2D eigenvalue weighted by molar-refractivity contribution is 5.17. The van der Waals surface area contributed by atoms with Crippen LogP contribution in [0.3, 0.4) is 0 Å². The molecule has 0 amide bonds. The van der Waals surface area contributed by atoms with Crippen molar-refractivity contribution in [1.29, 1.82) is 0 Å². The SMILES string of the molecule is CCCCC1=C(CCC)CC[C@@H](C)C1. The molecule has 0 nitrogen and oxygen atoms in total. The molecule has 0 N–H and O–H groups in total. The smallest absolute Gasteiger partial charge is 0.0292 e. The molecule has 0 aromatic rings. The van der Waals surface area contributed by atoms with E-state index in [0.29, 0.717) is 0 Å². The van der Waals surface area contributed by atoms with E-state index in [4.69, 9.17) is 0 Å². The van der Waals surface area contributed by atoms with Crippen LogP contribution in [0.4, 0.5) is 0 Å². The van der Waals surface area contributed by atoms with E-state index in [2.05, 4.69) is 20.8 Å². The Kier molecular flexibility index (Phi) is 5.29. The Hall–Kier alpha value is -0.260. The molecule has 0 bridgehead atoms. The summed E-state index contributed by atoms with van der Waals surface area (Å²) in [5, 5.41) is 0. The van der Waals surface area contributed by atoms with E-state index in [9.17, 15) is 0 Å². The van der Waals surface area contributed by atoms with Crippen molar-refractivity contribution in [3.05, 3.63) is 11.1 Å². The van der Waals surface area contributed by atoms with Gasteiger partial charge in [-0.1, -0.05) is 44.8 Å². The van der Waals surface area contributed by atoms with Gasteiger partial charge in [0.2, 0.25) is 0 Å². The Bertz CT molecular complexity index is 188. The minimum Gasteiger partial charge on any atom is -0.0710 e. The van der Waals surface area contributed by atoms with E-state index in [1.54, 1.807) is 0 Å². The number of hydrogen-bond donors (Lipinski definition) is 0. The zero-order valence-corrected chi connectivity index (χ0v) is 10.2. The molecule has 0 radical (unpaired) electrons. The zero-order chi connectivity index (χ0) is 10.4. The molecule has 0 heteroatoms. The third-order valence-electron chi connectivity index (χ3n) is 3.42. The molecule has 0 saturated carbocycles. The summed E-state index contributed by atoms with van der Waals surface area (Å²) in [6.45, 7) is 7.02. The summed E-state index contributed by atoms with van der Waals surface area (Å²) < 4.78 is 0. The molecule has 0 aromatic heterocycles. The molecule has 0 unspecified atom stereocenters. The Labute approximate surface area is 89.8 Å². The maximum atomic E-state index is 2.41. The van der Waals surface area contributed by atoms with Crippen molar-refractivity contribution in [2.24, 2.45) is 5.92 Å². The van der Waals surface area contributed by atoms with Crippen molar-refractivity contribution < 1.29 is 0 Å². The zero-order valence-electron chi connectivity index (χ0n) is 10.2. The quantitative estimate of drug-likeness (QED) is 0.534. The van der Waals surface area contributed by atoms with Crippen molar-refractivity contribution in [2.75, 3.05) is 0 Å². The van der Waals surface area contributed by atoms with Crippen LogP contribution in [-0.4, -0.2) is 0 Å². The third-order valence-corrected chi connectivity index (χ3v) is 3.42. The first-order valence-corrected chi connectivity index (χ1v) is 6.47. The van der Waals surface area contributed by atoms with Crippen LogP contribution in [0.1, 0.15) is 72.1 Å². The molecule has 0 saturated heterocycles. The fourth-order valence-electron chi connectivity index (χ4n) is 2.54. The van der Waals surface area contributed by atoms with Gasteiger partial charge in [-0.3, -0.25) is 0 Å². The minimum atomic E-state index is 0.947. The van der Waals surface area contributed by atoms with Crippen LogP contribution in [0.25, 0.3) is 0 Å². The van der Waals surface area contributed by atoms with E-state index >= 15 is 0 Å². The van der Waals surface area contributed by atoms with Crippen molar-refractivity contribution >= 4 is 0 Å². The molecule has 1 atom stereocenters. The molecule has 1 aliphatic carbocycles. The Morgan fingerprint density at radius 3 is 2.50 bits per heavy atom. The second-order valence-electron chi connectivity index (χ2n) is 4.91. The molecule has 14 heavy (non-hydrogen) atoms. The van der Waals surface area contributed by atoms with Gasteiger partial charge in [-0.2, -0.15) is 0 Å². The van der Waals surface area contributed by atoms with Crippen LogP contribution in [0, 0.1) is 5.92 Å². The third kappa shape index (κ3) is 3.48. The fraction of sp³-hybridized carbons (Fsp3) is 0.857. The summed E-state index contributed by atoms with van der Waals surface area (Å²) in [6, 6.07) is 0. The van der Waals surface area contributed by atoms with Crippen molar-refractivity contribution in [3.63, 3.8) is 0 Å². The molecular weight excluding hydrogens is 168 g/mol. The van der Waals surface area contributed by atoms with Crippen LogP contribution >= 0.6 is 0 Å². The highest BCUT2D eigenvalue weighted by atomic mass is 14.2. The number of rotatable bonds is 5. The molecule has 1 rings (SSSR count). The summed E-state index contributed by atoms with van der Waals surface area (Å²) >= 11 is 0. The molecule has 0 heterocycles. The van der Waals surface area contributed by atoms with Gasteiger partial charge in [0.05, 0.1) is 0 Å². The largest absolute Gasteiger partial charge is 0.0710 e. The van der Waals surface area contributed by atoms with Gasteiger partial charge in [-0.25, -0.2) is 0 Å². The van der Waals surface area contributed by atoms with E-state index < -0.39 is 0 Å². The van der Waals surface area contributed by atoms with Crippen LogP contribution in [0.15, 0.2) is 11.1 Å². The molecular formula is C14H26. The molecule has 82 valence electrons. The maximum absolute atomic E-state index is 2.41.